The van der Waals surface area contributed by atoms with Crippen LogP contribution < -0.4 is 29.9 Å². The predicted molar refractivity (Wildman–Crippen MR) is 173 cm³/mol. The molecule has 3 N–H and O–H groups in total. The average molecular weight is 760 g/mol. The van der Waals surface area contributed by atoms with Crippen LogP contribution in [-0.4, -0.2) is 87.0 Å². The third-order valence-electron chi connectivity index (χ3n) is 7.79. The van der Waals surface area contributed by atoms with E-state index in [0.717, 1.165) is 25.2 Å². The number of alkyl halides is 2. The van der Waals surface area contributed by atoms with Crippen LogP contribution in [0.1, 0.15) is 26.0 Å². The highest BCUT2D eigenvalue weighted by molar-refractivity contribution is 7.34. The van der Waals surface area contributed by atoms with Crippen molar-refractivity contribution in [3.63, 3.8) is 0 Å². The molecule has 2 unspecified atom stereocenters. The largest absolute Gasteiger partial charge is 0.575 e. The number of nitrogens with zero attached hydrogens (tertiary/aromatic N) is 4. The van der Waals surface area contributed by atoms with Crippen molar-refractivity contribution >= 4 is 49.1 Å². The van der Waals surface area contributed by atoms with E-state index in [2.05, 4.69) is 15.0 Å². The molecule has 3 heterocycles. The zero-order valence-corrected chi connectivity index (χ0v) is 28.6. The SMILES string of the molecule is C[C@H](N=[P+]([O-])Oc1cccc(Oc2ccc(Cl)cc2Cl)c1OC[C@H]1OC(n2ccc(NC(=O)[C@@H]3CCCN3C)nc2=O)C(F)(F)[C@@H]1O)C(=O)O. The van der Waals surface area contributed by atoms with Crippen molar-refractivity contribution in [1.82, 2.24) is 14.5 Å². The van der Waals surface area contributed by atoms with Gasteiger partial charge < -0.3 is 34.6 Å². The van der Waals surface area contributed by atoms with Gasteiger partial charge >= 0.3 is 25.7 Å². The Morgan fingerprint density at radius 3 is 2.64 bits per heavy atom. The van der Waals surface area contributed by atoms with Gasteiger partial charge in [0.15, 0.2) is 17.9 Å². The van der Waals surface area contributed by atoms with Gasteiger partial charge in [-0.1, -0.05) is 34.0 Å². The number of likely N-dealkylation sites (N-methyl/N-ethyl adjacent to an activating group) is 1. The second kappa shape index (κ2) is 15.5. The van der Waals surface area contributed by atoms with Crippen LogP contribution in [0, 0.1) is 0 Å². The lowest BCUT2D eigenvalue weighted by molar-refractivity contribution is -0.169. The maximum atomic E-state index is 15.4. The topological polar surface area (TPSA) is 197 Å². The van der Waals surface area contributed by atoms with Gasteiger partial charge in [0.1, 0.15) is 24.3 Å². The van der Waals surface area contributed by atoms with Crippen LogP contribution in [0.15, 0.2) is 58.2 Å². The average Bonchev–Trinajstić information content (AvgIpc) is 3.57. The second-order valence-electron chi connectivity index (χ2n) is 11.3. The van der Waals surface area contributed by atoms with Crippen molar-refractivity contribution in [3.05, 3.63) is 69.2 Å². The molecule has 2 saturated heterocycles. The number of carboxylic acids is 1. The molecule has 2 aliphatic heterocycles. The number of aromatic nitrogens is 2. The van der Waals surface area contributed by atoms with Crippen molar-refractivity contribution < 1.29 is 52.2 Å². The van der Waals surface area contributed by atoms with E-state index in [9.17, 15) is 24.4 Å². The number of hydrogen-bond acceptors (Lipinski definition) is 12. The Morgan fingerprint density at radius 2 is 1.98 bits per heavy atom. The lowest BCUT2D eigenvalue weighted by atomic mass is 10.1. The van der Waals surface area contributed by atoms with E-state index in [-0.39, 0.29) is 33.8 Å². The van der Waals surface area contributed by atoms with Gasteiger partial charge in [0.05, 0.1) is 11.1 Å². The minimum atomic E-state index is -4.03. The summed E-state index contributed by atoms with van der Waals surface area (Å²) in [6, 6.07) is 7.66. The molecule has 6 atom stereocenters. The maximum absolute atomic E-state index is 15.4. The maximum Gasteiger partial charge on any atom is 0.395 e. The van der Waals surface area contributed by atoms with E-state index in [1.54, 1.807) is 7.05 Å². The number of aliphatic carboxylic acids is 1. The molecule has 20 heteroatoms. The molecule has 1 amide bonds. The molecule has 0 aliphatic carbocycles. The Labute approximate surface area is 293 Å². The van der Waals surface area contributed by atoms with E-state index in [0.29, 0.717) is 16.0 Å². The normalized spacial score (nSPS) is 22.6. The summed E-state index contributed by atoms with van der Waals surface area (Å²) < 4.78 is 57.2. The third-order valence-corrected chi connectivity index (χ3v) is 9.20. The van der Waals surface area contributed by atoms with Crippen LogP contribution >= 0.6 is 31.4 Å². The van der Waals surface area contributed by atoms with Crippen LogP contribution in [0.2, 0.25) is 10.0 Å². The quantitative estimate of drug-likeness (QED) is 0.224. The number of carbonyl (C=O) groups is 2. The summed E-state index contributed by atoms with van der Waals surface area (Å²) in [4.78, 5) is 54.7. The molecule has 2 aliphatic rings. The Morgan fingerprint density at radius 1 is 1.24 bits per heavy atom. The molecule has 5 rings (SSSR count). The number of carboxylic acid groups (broad SMARTS) is 1. The Kier molecular flexibility index (Phi) is 11.6. The Bertz CT molecular complexity index is 1850. The molecule has 2 fully saturated rings. The molecule has 0 saturated carbocycles. The molecular weight excluding hydrogens is 730 g/mol. The van der Waals surface area contributed by atoms with Crippen molar-refractivity contribution in [3.8, 4) is 23.0 Å². The molecule has 2 aromatic carbocycles. The summed E-state index contributed by atoms with van der Waals surface area (Å²) in [7, 11) is -1.21. The van der Waals surface area contributed by atoms with E-state index in [4.69, 9.17) is 47.0 Å². The van der Waals surface area contributed by atoms with Crippen LogP contribution in [-0.2, 0) is 14.3 Å². The minimum absolute atomic E-state index is 0.0807. The molecule has 3 aromatic rings. The molecule has 0 bridgehead atoms. The highest BCUT2D eigenvalue weighted by Gasteiger charge is 2.60. The van der Waals surface area contributed by atoms with E-state index in [1.165, 1.54) is 43.3 Å². The predicted octanol–water partition coefficient (Wildman–Crippen LogP) is 4.06. The fraction of sp³-hybridized carbons (Fsp3) is 0.400. The van der Waals surface area contributed by atoms with Crippen molar-refractivity contribution in [2.75, 3.05) is 25.5 Å². The minimum Gasteiger partial charge on any atom is -0.575 e. The molecule has 1 aromatic heterocycles. The number of aliphatic hydroxyl groups excluding tert-OH is 1. The number of ether oxygens (including phenoxy) is 3. The molecule has 0 spiro atoms. The number of aliphatic hydroxyl groups is 1. The number of rotatable bonds is 12. The fourth-order valence-electron chi connectivity index (χ4n) is 5.15. The van der Waals surface area contributed by atoms with Gasteiger partial charge in [-0.2, -0.15) is 13.8 Å². The molecular formula is C30H30Cl2F2N5O10P. The first kappa shape index (κ1) is 37.3. The van der Waals surface area contributed by atoms with Crippen molar-refractivity contribution in [2.24, 2.45) is 4.74 Å². The van der Waals surface area contributed by atoms with Crippen LogP contribution in [0.5, 0.6) is 23.0 Å². The first-order valence-corrected chi connectivity index (χ1v) is 16.8. The number of likely N-dealkylation sites (tertiary alicyclic amines) is 1. The van der Waals surface area contributed by atoms with Crippen LogP contribution in [0.4, 0.5) is 14.6 Å². The zero-order valence-electron chi connectivity index (χ0n) is 26.2. The molecule has 15 nitrogen and oxygen atoms in total. The summed E-state index contributed by atoms with van der Waals surface area (Å²) >= 11 is 12.2. The lowest BCUT2D eigenvalue weighted by Crippen LogP contribution is -2.42. The molecule has 268 valence electrons. The third kappa shape index (κ3) is 8.32. The number of benzene rings is 2. The number of carbonyl (C=O) groups excluding carboxylic acids is 1. The van der Waals surface area contributed by atoms with Gasteiger partial charge in [-0.3, -0.25) is 18.8 Å². The van der Waals surface area contributed by atoms with E-state index >= 15 is 8.78 Å². The summed E-state index contributed by atoms with van der Waals surface area (Å²) in [5.41, 5.74) is -1.18. The van der Waals surface area contributed by atoms with Crippen LogP contribution in [0.3, 0.4) is 0 Å². The van der Waals surface area contributed by atoms with E-state index in [1.807, 2.05) is 4.90 Å². The number of para-hydroxylation sites is 1. The smallest absolute Gasteiger partial charge is 0.395 e. The summed E-state index contributed by atoms with van der Waals surface area (Å²) in [5.74, 6) is -6.61. The Hall–Kier alpha value is -3.96. The summed E-state index contributed by atoms with van der Waals surface area (Å²) in [5, 5.41) is 22.6. The number of amides is 1. The van der Waals surface area contributed by atoms with Gasteiger partial charge in [-0.05, 0) is 69.8 Å². The summed E-state index contributed by atoms with van der Waals surface area (Å²) in [6.45, 7) is 1.11. The highest BCUT2D eigenvalue weighted by Crippen LogP contribution is 2.46. The Balaban J connectivity index is 1.37. The van der Waals surface area contributed by atoms with Gasteiger partial charge in [0, 0.05) is 11.2 Å². The molecule has 0 radical (unpaired) electrons. The summed E-state index contributed by atoms with van der Waals surface area (Å²) in [6.07, 6.45) is -4.19. The number of nitrogens with one attached hydrogen (secondary N) is 1. The second-order valence-corrected chi connectivity index (χ2v) is 13.0. The monoisotopic (exact) mass is 759 g/mol. The van der Waals surface area contributed by atoms with Gasteiger partial charge in [-0.25, -0.2) is 9.59 Å². The van der Waals surface area contributed by atoms with E-state index < -0.39 is 68.8 Å². The standard InChI is InChI=1S/C30H30Cl2F2N5O10P/c1-15(27(42)43)37-50(45)49-21-7-3-6-20(47-19-9-8-16(31)13-17(19)32)24(21)46-14-22-25(40)30(33,34)28(48-22)39-12-10-23(36-29(39)44)35-26(41)18-5-4-11-38(18)2/h3,6-10,12-13,15,18,22,25,28,40H,4-5,11,14H2,1-2H3,(H,42,43)(H,35,36,41,44)/t15-,18-,22+,25+,28?/m0/s1. The number of halogens is 4. The van der Waals surface area contributed by atoms with Gasteiger partial charge in [-0.15, -0.1) is 0 Å². The van der Waals surface area contributed by atoms with Gasteiger partial charge in [0.2, 0.25) is 23.6 Å². The zero-order chi connectivity index (χ0) is 36.3. The first-order valence-electron chi connectivity index (χ1n) is 14.9. The van der Waals surface area contributed by atoms with Crippen molar-refractivity contribution in [2.45, 2.75) is 56.2 Å². The lowest BCUT2D eigenvalue weighted by Gasteiger charge is -2.21. The van der Waals surface area contributed by atoms with Gasteiger partial charge in [0.25, 0.3) is 0 Å². The number of hydrogen-bond donors (Lipinski definition) is 3. The molecule has 50 heavy (non-hydrogen) atoms. The van der Waals surface area contributed by atoms with Crippen molar-refractivity contribution in [1.29, 1.82) is 0 Å². The van der Waals surface area contributed by atoms with Crippen LogP contribution in [0.25, 0.3) is 0 Å². The first-order chi connectivity index (χ1) is 23.6. The highest BCUT2D eigenvalue weighted by atomic mass is 35.5. The number of anilines is 1. The fourth-order valence-corrected chi connectivity index (χ4v) is 6.34.